The van der Waals surface area contributed by atoms with Crippen LogP contribution in [0.5, 0.6) is 0 Å². The van der Waals surface area contributed by atoms with Crippen LogP contribution in [0, 0.1) is 0 Å². The number of thiophene rings is 1. The van der Waals surface area contributed by atoms with Crippen molar-refractivity contribution >= 4 is 46.2 Å². The molecule has 0 radical (unpaired) electrons. The Labute approximate surface area is 125 Å². The number of carbonyl (C=O) groups excluding carboxylic acids is 2. The highest BCUT2D eigenvalue weighted by atomic mass is 32.2. The third-order valence-electron chi connectivity index (χ3n) is 2.47. The number of ether oxygens (including phenoxy) is 1. The second kappa shape index (κ2) is 6.71. The van der Waals surface area contributed by atoms with Crippen LogP contribution < -0.4 is 0 Å². The van der Waals surface area contributed by atoms with Gasteiger partial charge in [0.1, 0.15) is 5.70 Å². The van der Waals surface area contributed by atoms with Gasteiger partial charge in [-0.1, -0.05) is 17.8 Å². The van der Waals surface area contributed by atoms with Crippen molar-refractivity contribution < 1.29 is 14.3 Å². The summed E-state index contributed by atoms with van der Waals surface area (Å²) in [4.78, 5) is 30.0. The number of nitrogens with zero attached hydrogens (tertiary/aromatic N) is 2. The van der Waals surface area contributed by atoms with E-state index in [0.717, 1.165) is 4.88 Å². The second-order valence-electron chi connectivity index (χ2n) is 3.90. The van der Waals surface area contributed by atoms with E-state index in [1.807, 2.05) is 17.5 Å². The minimum atomic E-state index is -0.309. The lowest BCUT2D eigenvalue weighted by atomic mass is 10.3. The number of esters is 1. The van der Waals surface area contributed by atoms with Crippen LogP contribution in [0.25, 0.3) is 6.08 Å². The molecule has 7 heteroatoms. The highest BCUT2D eigenvalue weighted by Crippen LogP contribution is 2.23. The number of amidine groups is 1. The van der Waals surface area contributed by atoms with E-state index < -0.39 is 0 Å². The number of carbonyl (C=O) groups is 2. The summed E-state index contributed by atoms with van der Waals surface area (Å²) < 4.78 is 4.84. The monoisotopic (exact) mass is 310 g/mol. The third kappa shape index (κ3) is 3.49. The maximum Gasteiger partial charge on any atom is 0.316 e. The zero-order valence-electron chi connectivity index (χ0n) is 11.2. The molecule has 2 heterocycles. The Morgan fingerprint density at radius 1 is 1.60 bits per heavy atom. The standard InChI is InChI=1S/C13H14N2O3S2/c1-3-18-11(16)8-20-13-14-10(12(17)15(13)2)7-9-5-4-6-19-9/h4-7H,3,8H2,1-2H3/b10-7+. The molecule has 20 heavy (non-hydrogen) atoms. The van der Waals surface area contributed by atoms with Crippen LogP contribution in [0.4, 0.5) is 0 Å². The normalized spacial score (nSPS) is 16.7. The first-order valence-corrected chi connectivity index (χ1v) is 7.88. The highest BCUT2D eigenvalue weighted by molar-refractivity contribution is 8.14. The molecule has 1 aliphatic heterocycles. The summed E-state index contributed by atoms with van der Waals surface area (Å²) in [5.74, 6) is -0.321. The first kappa shape index (κ1) is 14.8. The average molecular weight is 310 g/mol. The predicted molar refractivity (Wildman–Crippen MR) is 81.6 cm³/mol. The first-order chi connectivity index (χ1) is 9.61. The van der Waals surface area contributed by atoms with Gasteiger partial charge in [0.05, 0.1) is 12.4 Å². The molecule has 1 aromatic rings. The van der Waals surface area contributed by atoms with Gasteiger partial charge in [-0.05, 0) is 24.4 Å². The molecular formula is C13H14N2O3S2. The molecule has 5 nitrogen and oxygen atoms in total. The molecule has 1 aromatic heterocycles. The molecule has 2 rings (SSSR count). The van der Waals surface area contributed by atoms with E-state index in [0.29, 0.717) is 17.5 Å². The average Bonchev–Trinajstić information content (AvgIpc) is 3.01. The largest absolute Gasteiger partial charge is 0.465 e. The van der Waals surface area contributed by atoms with Crippen LogP contribution in [-0.4, -0.2) is 41.4 Å². The van der Waals surface area contributed by atoms with Gasteiger partial charge in [-0.15, -0.1) is 11.3 Å². The summed E-state index contributed by atoms with van der Waals surface area (Å²) >= 11 is 2.75. The number of hydrogen-bond donors (Lipinski definition) is 0. The Kier molecular flexibility index (Phi) is 4.97. The zero-order valence-corrected chi connectivity index (χ0v) is 12.8. The third-order valence-corrected chi connectivity index (χ3v) is 4.30. The van der Waals surface area contributed by atoms with Gasteiger partial charge in [0.15, 0.2) is 5.17 Å². The molecule has 1 aliphatic rings. The molecule has 0 atom stereocenters. The number of thioether (sulfide) groups is 1. The molecule has 0 aliphatic carbocycles. The van der Waals surface area contributed by atoms with Gasteiger partial charge >= 0.3 is 5.97 Å². The van der Waals surface area contributed by atoms with Gasteiger partial charge in [-0.2, -0.15) is 0 Å². The van der Waals surface area contributed by atoms with E-state index in [4.69, 9.17) is 4.74 Å². The molecule has 0 N–H and O–H groups in total. The summed E-state index contributed by atoms with van der Waals surface area (Å²) in [7, 11) is 1.65. The molecule has 0 unspecified atom stereocenters. The summed E-state index contributed by atoms with van der Waals surface area (Å²) in [6.07, 6.45) is 1.75. The molecule has 0 saturated carbocycles. The quantitative estimate of drug-likeness (QED) is 0.632. The lowest BCUT2D eigenvalue weighted by molar-refractivity contribution is -0.139. The minimum Gasteiger partial charge on any atom is -0.465 e. The maximum atomic E-state index is 12.0. The maximum absolute atomic E-state index is 12.0. The predicted octanol–water partition coefficient (Wildman–Crippen LogP) is 2.21. The molecule has 106 valence electrons. The van der Waals surface area contributed by atoms with Crippen molar-refractivity contribution in [1.82, 2.24) is 4.90 Å². The van der Waals surface area contributed by atoms with Crippen LogP contribution in [0.2, 0.25) is 0 Å². The van der Waals surface area contributed by atoms with Crippen molar-refractivity contribution in [2.45, 2.75) is 6.92 Å². The van der Waals surface area contributed by atoms with Crippen LogP contribution in [0.1, 0.15) is 11.8 Å². The Balaban J connectivity index is 2.06. The number of hydrogen-bond acceptors (Lipinski definition) is 6. The number of likely N-dealkylation sites (N-methyl/N-ethyl adjacent to an activating group) is 1. The molecule has 0 saturated heterocycles. The van der Waals surface area contributed by atoms with Crippen molar-refractivity contribution in [2.24, 2.45) is 4.99 Å². The van der Waals surface area contributed by atoms with Gasteiger partial charge in [0.2, 0.25) is 0 Å². The highest BCUT2D eigenvalue weighted by Gasteiger charge is 2.27. The van der Waals surface area contributed by atoms with Crippen molar-refractivity contribution in [1.29, 1.82) is 0 Å². The Morgan fingerprint density at radius 3 is 3.05 bits per heavy atom. The molecule has 0 bridgehead atoms. The zero-order chi connectivity index (χ0) is 14.5. The van der Waals surface area contributed by atoms with Gasteiger partial charge in [0.25, 0.3) is 5.91 Å². The first-order valence-electron chi connectivity index (χ1n) is 6.02. The molecule has 0 aromatic carbocycles. The van der Waals surface area contributed by atoms with Crippen molar-refractivity contribution in [3.05, 3.63) is 28.1 Å². The SMILES string of the molecule is CCOC(=O)CSC1=N/C(=C/c2cccs2)C(=O)N1C. The van der Waals surface area contributed by atoms with Crippen molar-refractivity contribution in [2.75, 3.05) is 19.4 Å². The Morgan fingerprint density at radius 2 is 2.40 bits per heavy atom. The Hall–Kier alpha value is -1.60. The van der Waals surface area contributed by atoms with Crippen LogP contribution >= 0.6 is 23.1 Å². The fourth-order valence-electron chi connectivity index (χ4n) is 1.54. The van der Waals surface area contributed by atoms with E-state index in [1.54, 1.807) is 31.4 Å². The smallest absolute Gasteiger partial charge is 0.316 e. The molecule has 1 amide bonds. The van der Waals surface area contributed by atoms with Crippen molar-refractivity contribution in [3.8, 4) is 0 Å². The Bertz CT molecular complexity index is 564. The van der Waals surface area contributed by atoms with E-state index in [-0.39, 0.29) is 17.6 Å². The van der Waals surface area contributed by atoms with Gasteiger partial charge < -0.3 is 4.74 Å². The van der Waals surface area contributed by atoms with Crippen molar-refractivity contribution in [3.63, 3.8) is 0 Å². The van der Waals surface area contributed by atoms with Gasteiger partial charge in [-0.3, -0.25) is 14.5 Å². The van der Waals surface area contributed by atoms with Crippen LogP contribution in [0.15, 0.2) is 28.2 Å². The fraction of sp³-hybridized carbons (Fsp3) is 0.308. The topological polar surface area (TPSA) is 59.0 Å². The van der Waals surface area contributed by atoms with Crippen LogP contribution in [-0.2, 0) is 14.3 Å². The van der Waals surface area contributed by atoms with Gasteiger partial charge in [-0.25, -0.2) is 4.99 Å². The minimum absolute atomic E-state index is 0.149. The lowest BCUT2D eigenvalue weighted by Crippen LogP contribution is -2.26. The van der Waals surface area contributed by atoms with Crippen LogP contribution in [0.3, 0.4) is 0 Å². The van der Waals surface area contributed by atoms with Gasteiger partial charge in [0, 0.05) is 11.9 Å². The molecule has 0 spiro atoms. The lowest BCUT2D eigenvalue weighted by Gasteiger charge is -2.10. The van der Waals surface area contributed by atoms with E-state index in [9.17, 15) is 9.59 Å². The van der Waals surface area contributed by atoms with E-state index in [1.165, 1.54) is 16.7 Å². The summed E-state index contributed by atoms with van der Waals surface area (Å²) in [5.41, 5.74) is 0.390. The second-order valence-corrected chi connectivity index (χ2v) is 5.82. The summed E-state index contributed by atoms with van der Waals surface area (Å²) in [6.45, 7) is 2.11. The van der Waals surface area contributed by atoms with E-state index in [2.05, 4.69) is 4.99 Å². The number of rotatable bonds is 4. The molecular weight excluding hydrogens is 296 g/mol. The number of aliphatic imine (C=N–C) groups is 1. The van der Waals surface area contributed by atoms with E-state index >= 15 is 0 Å². The fourth-order valence-corrected chi connectivity index (χ4v) is 2.96. The number of amides is 1. The summed E-state index contributed by atoms with van der Waals surface area (Å²) in [6, 6.07) is 3.84. The summed E-state index contributed by atoms with van der Waals surface area (Å²) in [5, 5.41) is 2.46. The molecule has 0 fully saturated rings.